The molecule has 1 heterocycles. The molecule has 2 N–H and O–H groups in total. The van der Waals surface area contributed by atoms with Crippen LogP contribution in [0.2, 0.25) is 0 Å². The van der Waals surface area contributed by atoms with Gasteiger partial charge in [0.1, 0.15) is 0 Å². The second-order valence-corrected chi connectivity index (χ2v) is 3.28. The maximum absolute atomic E-state index is 12.1. The van der Waals surface area contributed by atoms with Crippen molar-refractivity contribution in [2.45, 2.75) is 38.3 Å². The minimum atomic E-state index is -2.42. The summed E-state index contributed by atoms with van der Waals surface area (Å²) in [6, 6.07) is -1.37. The van der Waals surface area contributed by atoms with E-state index in [-0.39, 0.29) is 5.91 Å². The van der Waals surface area contributed by atoms with Crippen molar-refractivity contribution in [2.24, 2.45) is 0 Å². The molecule has 3 nitrogen and oxygen atoms in total. The third-order valence-electron chi connectivity index (χ3n) is 2.13. The van der Waals surface area contributed by atoms with E-state index in [2.05, 4.69) is 10.6 Å². The number of hydrogen-bond acceptors (Lipinski definition) is 2. The van der Waals surface area contributed by atoms with Crippen LogP contribution in [-0.2, 0) is 4.79 Å². The van der Waals surface area contributed by atoms with Crippen LogP contribution in [0.5, 0.6) is 0 Å². The molecule has 1 fully saturated rings. The second-order valence-electron chi connectivity index (χ2n) is 3.28. The van der Waals surface area contributed by atoms with Crippen molar-refractivity contribution in [3.05, 3.63) is 0 Å². The predicted octanol–water partition coefficient (Wildman–Crippen LogP) is 0.508. The molecule has 0 saturated carbocycles. The summed E-state index contributed by atoms with van der Waals surface area (Å²) in [6.45, 7) is 2.03. The largest absolute Gasteiger partial charge is 0.355 e. The van der Waals surface area contributed by atoms with Crippen LogP contribution in [0, 0.1) is 0 Å². The van der Waals surface area contributed by atoms with Crippen molar-refractivity contribution in [2.75, 3.05) is 6.54 Å². The van der Waals surface area contributed by atoms with Crippen molar-refractivity contribution in [1.29, 1.82) is 0 Å². The van der Waals surface area contributed by atoms with Crippen LogP contribution >= 0.6 is 0 Å². The number of piperidine rings is 1. The molecule has 0 bridgehead atoms. The molecule has 1 rings (SSSR count). The van der Waals surface area contributed by atoms with Crippen LogP contribution < -0.4 is 10.6 Å². The summed E-state index contributed by atoms with van der Waals surface area (Å²) in [7, 11) is 0. The Morgan fingerprint density at radius 2 is 2.31 bits per heavy atom. The van der Waals surface area contributed by atoms with Crippen LogP contribution in [0.3, 0.4) is 0 Å². The monoisotopic (exact) mass is 192 g/mol. The second kappa shape index (κ2) is 4.50. The Balaban J connectivity index is 2.38. The van der Waals surface area contributed by atoms with E-state index in [1.807, 2.05) is 0 Å². The first kappa shape index (κ1) is 10.4. The Morgan fingerprint density at radius 1 is 1.62 bits per heavy atom. The molecule has 1 aliphatic rings. The highest BCUT2D eigenvalue weighted by atomic mass is 19.3. The Hall–Kier alpha value is -0.710. The summed E-state index contributed by atoms with van der Waals surface area (Å²) in [5.74, 6) is -0.168. The van der Waals surface area contributed by atoms with Gasteiger partial charge >= 0.3 is 0 Å². The molecular weight excluding hydrogens is 178 g/mol. The Morgan fingerprint density at radius 3 is 2.85 bits per heavy atom. The first-order chi connectivity index (χ1) is 6.11. The van der Waals surface area contributed by atoms with E-state index in [0.29, 0.717) is 13.0 Å². The topological polar surface area (TPSA) is 41.1 Å². The SMILES string of the molecule is CC(NC1CCCNC1=O)C(F)F. The van der Waals surface area contributed by atoms with Gasteiger partial charge in [-0.25, -0.2) is 8.78 Å². The van der Waals surface area contributed by atoms with E-state index < -0.39 is 18.5 Å². The van der Waals surface area contributed by atoms with E-state index in [4.69, 9.17) is 0 Å². The normalized spacial score (nSPS) is 25.8. The maximum Gasteiger partial charge on any atom is 0.253 e. The Bertz CT molecular complexity index is 187. The first-order valence-corrected chi connectivity index (χ1v) is 4.43. The summed E-state index contributed by atoms with van der Waals surface area (Å²) >= 11 is 0. The van der Waals surface area contributed by atoms with Gasteiger partial charge < -0.3 is 5.32 Å². The summed E-state index contributed by atoms with van der Waals surface area (Å²) in [5, 5.41) is 5.24. The Kier molecular flexibility index (Phi) is 3.59. The molecule has 0 aromatic rings. The Labute approximate surface area is 75.9 Å². The fourth-order valence-electron chi connectivity index (χ4n) is 1.32. The first-order valence-electron chi connectivity index (χ1n) is 4.43. The summed E-state index contributed by atoms with van der Waals surface area (Å²) in [5.41, 5.74) is 0. The van der Waals surface area contributed by atoms with Gasteiger partial charge in [0.05, 0.1) is 12.1 Å². The lowest BCUT2D eigenvalue weighted by Crippen LogP contribution is -2.52. The smallest absolute Gasteiger partial charge is 0.253 e. The average Bonchev–Trinajstić information content (AvgIpc) is 2.08. The third-order valence-corrected chi connectivity index (χ3v) is 2.13. The molecule has 0 aliphatic carbocycles. The molecule has 2 atom stereocenters. The number of carbonyl (C=O) groups excluding carboxylic acids is 1. The lowest BCUT2D eigenvalue weighted by atomic mass is 10.1. The van der Waals surface area contributed by atoms with E-state index in [1.54, 1.807) is 0 Å². The van der Waals surface area contributed by atoms with Gasteiger partial charge in [-0.15, -0.1) is 0 Å². The van der Waals surface area contributed by atoms with Crippen molar-refractivity contribution in [3.8, 4) is 0 Å². The number of carbonyl (C=O) groups is 1. The minimum absolute atomic E-state index is 0.168. The quantitative estimate of drug-likeness (QED) is 0.684. The molecule has 0 spiro atoms. The van der Waals surface area contributed by atoms with E-state index in [1.165, 1.54) is 6.92 Å². The summed E-state index contributed by atoms with van der Waals surface area (Å²) in [4.78, 5) is 11.1. The molecule has 76 valence electrons. The number of rotatable bonds is 3. The van der Waals surface area contributed by atoms with Crippen molar-refractivity contribution in [1.82, 2.24) is 10.6 Å². The fraction of sp³-hybridized carbons (Fsp3) is 0.875. The molecule has 13 heavy (non-hydrogen) atoms. The zero-order valence-corrected chi connectivity index (χ0v) is 7.52. The van der Waals surface area contributed by atoms with Gasteiger partial charge in [0.15, 0.2) is 0 Å². The fourth-order valence-corrected chi connectivity index (χ4v) is 1.32. The van der Waals surface area contributed by atoms with Crippen LogP contribution in [0.1, 0.15) is 19.8 Å². The maximum atomic E-state index is 12.1. The van der Waals surface area contributed by atoms with Crippen LogP contribution in [-0.4, -0.2) is 31.0 Å². The number of halogens is 2. The molecule has 1 amide bonds. The van der Waals surface area contributed by atoms with E-state index in [0.717, 1.165) is 6.42 Å². The highest BCUT2D eigenvalue weighted by molar-refractivity contribution is 5.82. The van der Waals surface area contributed by atoms with Crippen LogP contribution in [0.15, 0.2) is 0 Å². The molecular formula is C8H14F2N2O. The predicted molar refractivity (Wildman–Crippen MR) is 44.6 cm³/mol. The van der Waals surface area contributed by atoms with Gasteiger partial charge in [-0.3, -0.25) is 10.1 Å². The average molecular weight is 192 g/mol. The van der Waals surface area contributed by atoms with E-state index in [9.17, 15) is 13.6 Å². The number of hydrogen-bond donors (Lipinski definition) is 2. The zero-order chi connectivity index (χ0) is 9.84. The molecule has 0 radical (unpaired) electrons. The standard InChI is InChI=1S/C8H14F2N2O/c1-5(7(9)10)12-6-3-2-4-11-8(6)13/h5-7,12H,2-4H2,1H3,(H,11,13). The number of alkyl halides is 2. The lowest BCUT2D eigenvalue weighted by molar-refractivity contribution is -0.125. The van der Waals surface area contributed by atoms with Gasteiger partial charge in [0, 0.05) is 6.54 Å². The highest BCUT2D eigenvalue weighted by Gasteiger charge is 2.25. The van der Waals surface area contributed by atoms with Gasteiger partial charge in [0.25, 0.3) is 6.43 Å². The summed E-state index contributed by atoms with van der Waals surface area (Å²) in [6.07, 6.45) is -0.933. The molecule has 2 unspecified atom stereocenters. The number of amides is 1. The highest BCUT2D eigenvalue weighted by Crippen LogP contribution is 2.07. The molecule has 1 aliphatic heterocycles. The summed E-state index contributed by atoms with van der Waals surface area (Å²) < 4.78 is 24.2. The van der Waals surface area contributed by atoms with Gasteiger partial charge in [0.2, 0.25) is 5.91 Å². The van der Waals surface area contributed by atoms with Gasteiger partial charge in [-0.1, -0.05) is 0 Å². The van der Waals surface area contributed by atoms with Crippen LogP contribution in [0.4, 0.5) is 8.78 Å². The third kappa shape index (κ3) is 2.91. The number of nitrogens with one attached hydrogen (secondary N) is 2. The van der Waals surface area contributed by atoms with Crippen LogP contribution in [0.25, 0.3) is 0 Å². The molecule has 5 heteroatoms. The molecule has 0 aromatic heterocycles. The van der Waals surface area contributed by atoms with Crippen molar-refractivity contribution < 1.29 is 13.6 Å². The van der Waals surface area contributed by atoms with Crippen molar-refractivity contribution in [3.63, 3.8) is 0 Å². The van der Waals surface area contributed by atoms with E-state index >= 15 is 0 Å². The lowest BCUT2D eigenvalue weighted by Gasteiger charge is -2.25. The van der Waals surface area contributed by atoms with Crippen molar-refractivity contribution >= 4 is 5.91 Å². The van der Waals surface area contributed by atoms with Gasteiger partial charge in [-0.2, -0.15) is 0 Å². The minimum Gasteiger partial charge on any atom is -0.355 e. The molecule has 1 saturated heterocycles. The zero-order valence-electron chi connectivity index (χ0n) is 7.52. The van der Waals surface area contributed by atoms with Gasteiger partial charge in [-0.05, 0) is 19.8 Å². The molecule has 0 aromatic carbocycles.